The van der Waals surface area contributed by atoms with Crippen LogP contribution in [0.5, 0.6) is 0 Å². The van der Waals surface area contributed by atoms with Gasteiger partial charge in [0.2, 0.25) is 0 Å². The van der Waals surface area contributed by atoms with Gasteiger partial charge in [0.1, 0.15) is 12.2 Å². The lowest BCUT2D eigenvalue weighted by molar-refractivity contribution is -0.140. The molecule has 0 aliphatic carbocycles. The number of esters is 1. The molecule has 0 aliphatic heterocycles. The molecule has 10 heteroatoms. The number of nitrogens with one attached hydrogen (secondary N) is 2. The maximum atomic E-state index is 12.8. The Morgan fingerprint density at radius 2 is 1.65 bits per heavy atom. The summed E-state index contributed by atoms with van der Waals surface area (Å²) in [5, 5.41) is 14.3. The number of carbonyl (C=O) groups excluding carboxylic acids is 2. The van der Waals surface area contributed by atoms with Crippen molar-refractivity contribution < 1.29 is 19.1 Å². The molecule has 160 valence electrons. The third-order valence-electron chi connectivity index (χ3n) is 4.54. The van der Waals surface area contributed by atoms with Crippen molar-refractivity contribution in [1.82, 2.24) is 19.7 Å². The number of hydrogen-bond donors (Lipinski definition) is 2. The smallest absolute Gasteiger partial charge is 0.412 e. The molecule has 31 heavy (non-hydrogen) atoms. The Hall–Kier alpha value is -4.21. The van der Waals surface area contributed by atoms with E-state index in [0.29, 0.717) is 23.4 Å². The fraction of sp³-hybridized carbons (Fsp3) is 0.190. The van der Waals surface area contributed by atoms with Crippen molar-refractivity contribution in [3.05, 3.63) is 76.5 Å². The molecule has 0 radical (unpaired) electrons. The highest BCUT2D eigenvalue weighted by molar-refractivity contribution is 6.04. The van der Waals surface area contributed by atoms with Crippen LogP contribution in [0.4, 0.5) is 4.79 Å². The van der Waals surface area contributed by atoms with E-state index in [2.05, 4.69) is 19.9 Å². The van der Waals surface area contributed by atoms with Gasteiger partial charge in [-0.1, -0.05) is 12.1 Å². The SMILES string of the molecule is COC(=O)CCc1ccc(-n2ncn(-c3ccc(C(=N)NC(=O)OC)cc3)c2=O)cc1. The zero-order chi connectivity index (χ0) is 22.4. The Morgan fingerprint density at radius 1 is 1.00 bits per heavy atom. The van der Waals surface area contributed by atoms with E-state index in [1.165, 1.54) is 29.8 Å². The Bertz CT molecular complexity index is 1150. The van der Waals surface area contributed by atoms with E-state index in [1.54, 1.807) is 36.4 Å². The van der Waals surface area contributed by atoms with Crippen LogP contribution in [0.3, 0.4) is 0 Å². The number of aromatic nitrogens is 3. The van der Waals surface area contributed by atoms with E-state index < -0.39 is 6.09 Å². The third-order valence-corrected chi connectivity index (χ3v) is 4.54. The first-order valence-corrected chi connectivity index (χ1v) is 9.30. The van der Waals surface area contributed by atoms with Gasteiger partial charge in [-0.05, 0) is 48.4 Å². The maximum absolute atomic E-state index is 12.8. The van der Waals surface area contributed by atoms with Gasteiger partial charge in [0.15, 0.2) is 0 Å². The Labute approximate surface area is 177 Å². The monoisotopic (exact) mass is 423 g/mol. The number of carbonyl (C=O) groups is 2. The lowest BCUT2D eigenvalue weighted by Crippen LogP contribution is -2.30. The molecular weight excluding hydrogens is 402 g/mol. The molecule has 3 aromatic rings. The second kappa shape index (κ2) is 9.53. The molecule has 0 bridgehead atoms. The average molecular weight is 423 g/mol. The molecular formula is C21H21N5O5. The first kappa shape index (κ1) is 21.5. The van der Waals surface area contributed by atoms with Gasteiger partial charge in [-0.2, -0.15) is 9.78 Å². The van der Waals surface area contributed by atoms with Crippen LogP contribution in [0.25, 0.3) is 11.4 Å². The fourth-order valence-corrected chi connectivity index (χ4v) is 2.82. The molecule has 1 amide bonds. The largest absolute Gasteiger partial charge is 0.469 e. The quantitative estimate of drug-likeness (QED) is 0.354. The van der Waals surface area contributed by atoms with Crippen LogP contribution in [0, 0.1) is 5.41 Å². The lowest BCUT2D eigenvalue weighted by Gasteiger charge is -2.07. The van der Waals surface area contributed by atoms with Gasteiger partial charge in [-0.25, -0.2) is 14.2 Å². The van der Waals surface area contributed by atoms with Crippen LogP contribution in [0.15, 0.2) is 59.7 Å². The number of rotatable bonds is 6. The highest BCUT2D eigenvalue weighted by Gasteiger charge is 2.11. The molecule has 0 atom stereocenters. The molecule has 0 saturated heterocycles. The van der Waals surface area contributed by atoms with Gasteiger partial charge < -0.3 is 9.47 Å². The second-order valence-electron chi connectivity index (χ2n) is 6.48. The number of ether oxygens (including phenoxy) is 2. The molecule has 0 spiro atoms. The van der Waals surface area contributed by atoms with Crippen LogP contribution in [-0.2, 0) is 20.7 Å². The number of amidine groups is 1. The van der Waals surface area contributed by atoms with E-state index in [9.17, 15) is 14.4 Å². The van der Waals surface area contributed by atoms with Crippen molar-refractivity contribution >= 4 is 17.9 Å². The first-order valence-electron chi connectivity index (χ1n) is 9.30. The van der Waals surface area contributed by atoms with Crippen LogP contribution >= 0.6 is 0 Å². The molecule has 0 saturated carbocycles. The molecule has 1 aromatic heterocycles. The highest BCUT2D eigenvalue weighted by atomic mass is 16.5. The molecule has 3 rings (SSSR count). The van der Waals surface area contributed by atoms with E-state index in [4.69, 9.17) is 5.41 Å². The molecule has 2 aromatic carbocycles. The summed E-state index contributed by atoms with van der Waals surface area (Å²) in [5.74, 6) is -0.394. The molecule has 0 aliphatic rings. The first-order chi connectivity index (χ1) is 14.9. The van der Waals surface area contributed by atoms with Gasteiger partial charge >= 0.3 is 17.8 Å². The second-order valence-corrected chi connectivity index (χ2v) is 6.48. The minimum absolute atomic E-state index is 0.117. The number of alkyl carbamates (subject to hydrolysis) is 1. The number of benzene rings is 2. The van der Waals surface area contributed by atoms with Crippen LogP contribution in [-0.4, -0.2) is 46.5 Å². The summed E-state index contributed by atoms with van der Waals surface area (Å²) in [5.41, 5.74) is 2.18. The topological polar surface area (TPSA) is 128 Å². The Morgan fingerprint density at radius 3 is 2.26 bits per heavy atom. The van der Waals surface area contributed by atoms with E-state index in [-0.39, 0.29) is 23.9 Å². The van der Waals surface area contributed by atoms with Crippen molar-refractivity contribution in [3.63, 3.8) is 0 Å². The predicted octanol–water partition coefficient (Wildman–Crippen LogP) is 1.81. The number of amides is 1. The van der Waals surface area contributed by atoms with E-state index in [1.807, 2.05) is 12.1 Å². The summed E-state index contributed by atoms with van der Waals surface area (Å²) >= 11 is 0. The maximum Gasteiger partial charge on any atom is 0.412 e. The number of hydrogen-bond acceptors (Lipinski definition) is 7. The van der Waals surface area contributed by atoms with Crippen molar-refractivity contribution in [3.8, 4) is 11.4 Å². The van der Waals surface area contributed by atoms with Gasteiger partial charge in [-0.15, -0.1) is 0 Å². The number of methoxy groups -OCH3 is 2. The number of nitrogens with zero attached hydrogens (tertiary/aromatic N) is 3. The summed E-state index contributed by atoms with van der Waals surface area (Å²) in [6, 6.07) is 13.7. The summed E-state index contributed by atoms with van der Waals surface area (Å²) < 4.78 is 11.7. The average Bonchev–Trinajstić information content (AvgIpc) is 3.18. The van der Waals surface area contributed by atoms with Gasteiger partial charge in [0, 0.05) is 12.0 Å². The molecule has 0 unspecified atom stereocenters. The standard InChI is InChI=1S/C21H21N5O5/c1-30-18(27)12-5-14-3-8-17(9-4-14)26-21(29)25(13-23-26)16-10-6-15(7-11-16)19(22)24-20(28)31-2/h3-4,6-11,13H,5,12H2,1-2H3,(H2,22,24,28). The fourth-order valence-electron chi connectivity index (χ4n) is 2.82. The van der Waals surface area contributed by atoms with E-state index in [0.717, 1.165) is 5.56 Å². The van der Waals surface area contributed by atoms with Crippen LogP contribution < -0.4 is 11.0 Å². The normalized spacial score (nSPS) is 10.4. The third kappa shape index (κ3) is 5.04. The molecule has 0 fully saturated rings. The lowest BCUT2D eigenvalue weighted by atomic mass is 10.1. The minimum atomic E-state index is -0.733. The van der Waals surface area contributed by atoms with Crippen molar-refractivity contribution in [1.29, 1.82) is 5.41 Å². The zero-order valence-electron chi connectivity index (χ0n) is 17.0. The van der Waals surface area contributed by atoms with E-state index >= 15 is 0 Å². The van der Waals surface area contributed by atoms with Gasteiger partial charge in [0.25, 0.3) is 0 Å². The highest BCUT2D eigenvalue weighted by Crippen LogP contribution is 2.11. The zero-order valence-corrected chi connectivity index (χ0v) is 17.0. The van der Waals surface area contributed by atoms with Crippen molar-refractivity contribution in [2.24, 2.45) is 0 Å². The predicted molar refractivity (Wildman–Crippen MR) is 112 cm³/mol. The number of aryl methyl sites for hydroxylation is 1. The van der Waals surface area contributed by atoms with Crippen molar-refractivity contribution in [2.45, 2.75) is 12.8 Å². The van der Waals surface area contributed by atoms with Crippen LogP contribution in [0.1, 0.15) is 17.5 Å². The molecule has 10 nitrogen and oxygen atoms in total. The Balaban J connectivity index is 1.75. The molecule has 1 heterocycles. The summed E-state index contributed by atoms with van der Waals surface area (Å²) in [7, 11) is 2.57. The van der Waals surface area contributed by atoms with Gasteiger partial charge in [-0.3, -0.25) is 15.5 Å². The minimum Gasteiger partial charge on any atom is -0.469 e. The summed E-state index contributed by atoms with van der Waals surface area (Å²) in [6.45, 7) is 0. The summed E-state index contributed by atoms with van der Waals surface area (Å²) in [6.07, 6.45) is 1.50. The van der Waals surface area contributed by atoms with Gasteiger partial charge in [0.05, 0.1) is 25.6 Å². The Kier molecular flexibility index (Phi) is 6.61. The van der Waals surface area contributed by atoms with Crippen LogP contribution in [0.2, 0.25) is 0 Å². The molecule has 2 N–H and O–H groups in total. The van der Waals surface area contributed by atoms with Crippen molar-refractivity contribution in [2.75, 3.05) is 14.2 Å². The summed E-state index contributed by atoms with van der Waals surface area (Å²) in [4.78, 5) is 35.3.